The molecular weight excluding hydrogens is 270 g/mol. The highest BCUT2D eigenvalue weighted by Gasteiger charge is 2.44. The largest absolute Gasteiger partial charge is 0.379 e. The van der Waals surface area contributed by atoms with Gasteiger partial charge in [-0.05, 0) is 19.8 Å². The number of rotatable bonds is 4. The first-order valence-electron chi connectivity index (χ1n) is 7.70. The van der Waals surface area contributed by atoms with Crippen molar-refractivity contribution in [2.24, 2.45) is 5.73 Å². The third-order valence-electron chi connectivity index (χ3n) is 4.86. The summed E-state index contributed by atoms with van der Waals surface area (Å²) in [6, 6.07) is 0.189. The summed E-state index contributed by atoms with van der Waals surface area (Å²) in [4.78, 5) is 7.20. The van der Waals surface area contributed by atoms with Crippen LogP contribution < -0.4 is 5.73 Å². The first-order valence-corrected chi connectivity index (χ1v) is 8.58. The summed E-state index contributed by atoms with van der Waals surface area (Å²) in [5, 5.41) is 3.31. The molecule has 3 rings (SSSR count). The van der Waals surface area contributed by atoms with Crippen LogP contribution in [-0.2, 0) is 11.2 Å². The second kappa shape index (κ2) is 6.10. The van der Waals surface area contributed by atoms with E-state index in [0.29, 0.717) is 0 Å². The maximum absolute atomic E-state index is 6.67. The lowest BCUT2D eigenvalue weighted by molar-refractivity contribution is -0.0305. The molecule has 20 heavy (non-hydrogen) atoms. The zero-order valence-electron chi connectivity index (χ0n) is 12.3. The lowest BCUT2D eigenvalue weighted by atomic mass is 9.84. The molecule has 0 spiro atoms. The molecule has 2 heterocycles. The van der Waals surface area contributed by atoms with Gasteiger partial charge in [0.05, 0.1) is 18.2 Å². The predicted octanol–water partition coefficient (Wildman–Crippen LogP) is 1.97. The van der Waals surface area contributed by atoms with Crippen molar-refractivity contribution in [3.05, 3.63) is 16.1 Å². The van der Waals surface area contributed by atoms with Gasteiger partial charge in [0, 0.05) is 42.2 Å². The van der Waals surface area contributed by atoms with Crippen LogP contribution in [-0.4, -0.2) is 47.8 Å². The van der Waals surface area contributed by atoms with E-state index < -0.39 is 0 Å². The lowest BCUT2D eigenvalue weighted by Crippen LogP contribution is -2.61. The number of nitrogens with zero attached hydrogens (tertiary/aromatic N) is 2. The van der Waals surface area contributed by atoms with Crippen molar-refractivity contribution in [3.63, 3.8) is 0 Å². The summed E-state index contributed by atoms with van der Waals surface area (Å²) in [6.07, 6.45) is 6.00. The second-order valence-corrected chi connectivity index (χ2v) is 7.05. The Hall–Kier alpha value is -0.490. The minimum absolute atomic E-state index is 0.184. The van der Waals surface area contributed by atoms with Crippen molar-refractivity contribution in [1.29, 1.82) is 0 Å². The van der Waals surface area contributed by atoms with E-state index in [9.17, 15) is 0 Å². The van der Waals surface area contributed by atoms with Crippen molar-refractivity contribution in [2.45, 2.75) is 50.6 Å². The van der Waals surface area contributed by atoms with Crippen molar-refractivity contribution >= 4 is 11.3 Å². The van der Waals surface area contributed by atoms with Crippen LogP contribution in [0.2, 0.25) is 0 Å². The number of aromatic nitrogens is 1. The summed E-state index contributed by atoms with van der Waals surface area (Å²) in [6.45, 7) is 5.82. The minimum Gasteiger partial charge on any atom is -0.379 e. The van der Waals surface area contributed by atoms with E-state index in [0.717, 1.165) is 38.4 Å². The molecule has 1 saturated heterocycles. The Morgan fingerprint density at radius 3 is 2.70 bits per heavy atom. The van der Waals surface area contributed by atoms with Gasteiger partial charge in [-0.25, -0.2) is 4.98 Å². The average Bonchev–Trinajstić information content (AvgIpc) is 3.10. The number of thiazole rings is 1. The van der Waals surface area contributed by atoms with Gasteiger partial charge in [0.15, 0.2) is 0 Å². The fourth-order valence-corrected chi connectivity index (χ4v) is 4.62. The average molecular weight is 295 g/mol. The Balaban J connectivity index is 1.75. The van der Waals surface area contributed by atoms with Gasteiger partial charge in [-0.1, -0.05) is 12.8 Å². The highest BCUT2D eigenvalue weighted by Crippen LogP contribution is 2.39. The number of hydrogen-bond donors (Lipinski definition) is 1. The smallest absolute Gasteiger partial charge is 0.0944 e. The molecule has 112 valence electrons. The van der Waals surface area contributed by atoms with E-state index in [1.807, 2.05) is 0 Å². The van der Waals surface area contributed by atoms with Crippen LogP contribution in [0.15, 0.2) is 5.38 Å². The topological polar surface area (TPSA) is 51.4 Å². The van der Waals surface area contributed by atoms with Gasteiger partial charge in [-0.2, -0.15) is 0 Å². The molecule has 2 aliphatic rings. The third-order valence-corrected chi connectivity index (χ3v) is 5.85. The molecule has 1 saturated carbocycles. The van der Waals surface area contributed by atoms with Crippen molar-refractivity contribution < 1.29 is 4.74 Å². The molecule has 0 bridgehead atoms. The Bertz CT molecular complexity index is 436. The van der Waals surface area contributed by atoms with Gasteiger partial charge in [0.1, 0.15) is 0 Å². The van der Waals surface area contributed by atoms with Crippen molar-refractivity contribution in [1.82, 2.24) is 9.88 Å². The number of aryl methyl sites for hydroxylation is 1. The fraction of sp³-hybridized carbons (Fsp3) is 0.800. The molecule has 1 aliphatic carbocycles. The molecule has 1 aromatic rings. The summed E-state index contributed by atoms with van der Waals surface area (Å²) in [7, 11) is 0. The maximum atomic E-state index is 6.67. The van der Waals surface area contributed by atoms with Crippen LogP contribution >= 0.6 is 11.3 Å². The van der Waals surface area contributed by atoms with Crippen LogP contribution in [0.3, 0.4) is 0 Å². The SMILES string of the molecule is Cc1csc(CC(N)C2(N3CCOCC3)CCCC2)n1. The Labute approximate surface area is 125 Å². The molecule has 1 aromatic heterocycles. The van der Waals surface area contributed by atoms with Gasteiger partial charge < -0.3 is 10.5 Å². The molecule has 1 atom stereocenters. The predicted molar refractivity (Wildman–Crippen MR) is 82.1 cm³/mol. The molecule has 0 aromatic carbocycles. The first kappa shape index (κ1) is 14.4. The Morgan fingerprint density at radius 2 is 2.10 bits per heavy atom. The van der Waals surface area contributed by atoms with Gasteiger partial charge in [-0.15, -0.1) is 11.3 Å². The van der Waals surface area contributed by atoms with Gasteiger partial charge in [0.25, 0.3) is 0 Å². The van der Waals surface area contributed by atoms with Crippen LogP contribution in [0.4, 0.5) is 0 Å². The number of morpholine rings is 1. The van der Waals surface area contributed by atoms with E-state index in [-0.39, 0.29) is 11.6 Å². The number of nitrogens with two attached hydrogens (primary N) is 1. The van der Waals surface area contributed by atoms with Gasteiger partial charge in [-0.3, -0.25) is 4.90 Å². The standard InChI is InChI=1S/C15H25N3OS/c1-12-11-20-14(17-12)10-13(16)15(4-2-3-5-15)18-6-8-19-9-7-18/h11,13H,2-10,16H2,1H3. The highest BCUT2D eigenvalue weighted by atomic mass is 32.1. The Kier molecular flexibility index (Phi) is 4.40. The molecule has 2 fully saturated rings. The first-order chi connectivity index (χ1) is 9.71. The van der Waals surface area contributed by atoms with Crippen LogP contribution in [0, 0.1) is 6.92 Å². The summed E-state index contributed by atoms with van der Waals surface area (Å²) >= 11 is 1.75. The molecular formula is C15H25N3OS. The van der Waals surface area contributed by atoms with E-state index >= 15 is 0 Å². The molecule has 5 heteroatoms. The molecule has 1 unspecified atom stereocenters. The third kappa shape index (κ3) is 2.77. The van der Waals surface area contributed by atoms with E-state index in [1.165, 1.54) is 30.7 Å². The van der Waals surface area contributed by atoms with Crippen LogP contribution in [0.1, 0.15) is 36.4 Å². The summed E-state index contributed by atoms with van der Waals surface area (Å²) in [5.41, 5.74) is 7.97. The minimum atomic E-state index is 0.184. The van der Waals surface area contributed by atoms with E-state index in [2.05, 4.69) is 22.2 Å². The van der Waals surface area contributed by atoms with E-state index in [4.69, 9.17) is 10.5 Å². The monoisotopic (exact) mass is 295 g/mol. The quantitative estimate of drug-likeness (QED) is 0.922. The molecule has 1 aliphatic heterocycles. The molecule has 0 radical (unpaired) electrons. The Morgan fingerprint density at radius 1 is 1.40 bits per heavy atom. The normalized spacial score (nSPS) is 24.9. The fourth-order valence-electron chi connectivity index (χ4n) is 3.79. The lowest BCUT2D eigenvalue weighted by Gasteiger charge is -2.47. The van der Waals surface area contributed by atoms with Gasteiger partial charge >= 0.3 is 0 Å². The maximum Gasteiger partial charge on any atom is 0.0944 e. The summed E-state index contributed by atoms with van der Waals surface area (Å²) in [5.74, 6) is 0. The second-order valence-electron chi connectivity index (χ2n) is 6.10. The van der Waals surface area contributed by atoms with Crippen molar-refractivity contribution in [2.75, 3.05) is 26.3 Å². The number of ether oxygens (including phenoxy) is 1. The van der Waals surface area contributed by atoms with Crippen LogP contribution in [0.25, 0.3) is 0 Å². The molecule has 4 nitrogen and oxygen atoms in total. The zero-order chi connectivity index (χ0) is 14.0. The number of hydrogen-bond acceptors (Lipinski definition) is 5. The summed E-state index contributed by atoms with van der Waals surface area (Å²) < 4.78 is 5.51. The molecule has 2 N–H and O–H groups in total. The van der Waals surface area contributed by atoms with Gasteiger partial charge in [0.2, 0.25) is 0 Å². The highest BCUT2D eigenvalue weighted by molar-refractivity contribution is 7.09. The van der Waals surface area contributed by atoms with Crippen molar-refractivity contribution in [3.8, 4) is 0 Å². The van der Waals surface area contributed by atoms with Crippen LogP contribution in [0.5, 0.6) is 0 Å². The van der Waals surface area contributed by atoms with E-state index in [1.54, 1.807) is 11.3 Å². The molecule has 0 amide bonds. The zero-order valence-corrected chi connectivity index (χ0v) is 13.1.